The lowest BCUT2D eigenvalue weighted by Gasteiger charge is -2.22. The normalized spacial score (nSPS) is 20.5. The maximum atomic E-state index is 11.7. The number of amides is 1. The summed E-state index contributed by atoms with van der Waals surface area (Å²) >= 11 is 0. The number of hydrogen-bond donors (Lipinski definition) is 2. The highest BCUT2D eigenvalue weighted by Crippen LogP contribution is 2.06. The molecule has 1 rings (SSSR count). The Labute approximate surface area is 104 Å². The molecule has 0 radical (unpaired) electrons. The van der Waals surface area contributed by atoms with Crippen LogP contribution in [-0.2, 0) is 9.53 Å². The first-order chi connectivity index (χ1) is 8.20. The third-order valence-electron chi connectivity index (χ3n) is 2.84. The molecule has 0 bridgehead atoms. The van der Waals surface area contributed by atoms with Gasteiger partial charge in [-0.15, -0.1) is 0 Å². The molecule has 0 saturated carbocycles. The van der Waals surface area contributed by atoms with Crippen LogP contribution in [0.15, 0.2) is 0 Å². The van der Waals surface area contributed by atoms with E-state index in [1.165, 1.54) is 6.42 Å². The number of hydrogen-bond acceptors (Lipinski definition) is 3. The van der Waals surface area contributed by atoms with Gasteiger partial charge < -0.3 is 15.4 Å². The first kappa shape index (κ1) is 14.5. The lowest BCUT2D eigenvalue weighted by Crippen LogP contribution is -2.46. The van der Waals surface area contributed by atoms with Crippen LogP contribution in [0.2, 0.25) is 0 Å². The van der Waals surface area contributed by atoms with Crippen LogP contribution in [0, 0.1) is 5.92 Å². The Bertz CT molecular complexity index is 213. The Morgan fingerprint density at radius 2 is 2.29 bits per heavy atom. The first-order valence-electron chi connectivity index (χ1n) is 6.79. The van der Waals surface area contributed by atoms with E-state index in [-0.39, 0.29) is 11.9 Å². The molecule has 0 spiro atoms. The molecule has 0 aliphatic carbocycles. The van der Waals surface area contributed by atoms with E-state index < -0.39 is 0 Å². The number of carbonyl (C=O) groups is 1. The number of piperidine rings is 1. The van der Waals surface area contributed by atoms with Crippen LogP contribution in [0.5, 0.6) is 0 Å². The number of ether oxygens (including phenoxy) is 1. The molecule has 1 atom stereocenters. The maximum absolute atomic E-state index is 11.7. The second-order valence-electron chi connectivity index (χ2n) is 5.12. The fraction of sp³-hybridized carbons (Fsp3) is 0.923. The van der Waals surface area contributed by atoms with E-state index in [4.69, 9.17) is 4.74 Å². The predicted octanol–water partition coefficient (Wildman–Crippen LogP) is 1.31. The van der Waals surface area contributed by atoms with E-state index in [1.54, 1.807) is 0 Å². The van der Waals surface area contributed by atoms with Gasteiger partial charge in [0.25, 0.3) is 0 Å². The third kappa shape index (κ3) is 6.64. The van der Waals surface area contributed by atoms with E-state index in [0.29, 0.717) is 5.92 Å². The van der Waals surface area contributed by atoms with Crippen molar-refractivity contribution < 1.29 is 9.53 Å². The molecule has 2 N–H and O–H groups in total. The van der Waals surface area contributed by atoms with Crippen molar-refractivity contribution in [2.24, 2.45) is 5.92 Å². The SMILES string of the molecule is CC(C)COCCCNC(=O)[C@H]1CCCCN1. The van der Waals surface area contributed by atoms with Crippen molar-refractivity contribution >= 4 is 5.91 Å². The van der Waals surface area contributed by atoms with Gasteiger partial charge in [0.1, 0.15) is 0 Å². The molecule has 4 nitrogen and oxygen atoms in total. The quantitative estimate of drug-likeness (QED) is 0.662. The van der Waals surface area contributed by atoms with Gasteiger partial charge in [0.15, 0.2) is 0 Å². The molecule has 0 aromatic carbocycles. The molecular formula is C13H26N2O2. The molecule has 1 heterocycles. The molecular weight excluding hydrogens is 216 g/mol. The van der Waals surface area contributed by atoms with E-state index in [0.717, 1.165) is 45.6 Å². The molecule has 17 heavy (non-hydrogen) atoms. The molecule has 1 aliphatic rings. The van der Waals surface area contributed by atoms with Gasteiger partial charge in [-0.1, -0.05) is 20.3 Å². The van der Waals surface area contributed by atoms with Crippen molar-refractivity contribution in [1.29, 1.82) is 0 Å². The Kier molecular flexibility index (Phi) is 7.21. The van der Waals surface area contributed by atoms with Crippen molar-refractivity contribution in [3.63, 3.8) is 0 Å². The second-order valence-corrected chi connectivity index (χ2v) is 5.12. The molecule has 1 aliphatic heterocycles. The third-order valence-corrected chi connectivity index (χ3v) is 2.84. The molecule has 1 amide bonds. The highest BCUT2D eigenvalue weighted by atomic mass is 16.5. The largest absolute Gasteiger partial charge is 0.381 e. The first-order valence-corrected chi connectivity index (χ1v) is 6.79. The van der Waals surface area contributed by atoms with Crippen LogP contribution in [0.25, 0.3) is 0 Å². The van der Waals surface area contributed by atoms with Gasteiger partial charge in [0, 0.05) is 19.8 Å². The molecule has 0 aromatic heterocycles. The van der Waals surface area contributed by atoms with Crippen molar-refractivity contribution in [3.8, 4) is 0 Å². The summed E-state index contributed by atoms with van der Waals surface area (Å²) in [4.78, 5) is 11.7. The summed E-state index contributed by atoms with van der Waals surface area (Å²) in [6.45, 7) is 7.49. The molecule has 0 aromatic rings. The van der Waals surface area contributed by atoms with Crippen LogP contribution in [-0.4, -0.2) is 38.3 Å². The Balaban J connectivity index is 1.96. The van der Waals surface area contributed by atoms with Gasteiger partial charge in [-0.25, -0.2) is 0 Å². The minimum Gasteiger partial charge on any atom is -0.381 e. The van der Waals surface area contributed by atoms with Crippen LogP contribution in [0.1, 0.15) is 39.5 Å². The van der Waals surface area contributed by atoms with Crippen molar-refractivity contribution in [2.45, 2.75) is 45.6 Å². The summed E-state index contributed by atoms with van der Waals surface area (Å²) < 4.78 is 5.46. The average molecular weight is 242 g/mol. The second kappa shape index (κ2) is 8.48. The molecule has 0 unspecified atom stereocenters. The van der Waals surface area contributed by atoms with Gasteiger partial charge >= 0.3 is 0 Å². The van der Waals surface area contributed by atoms with Crippen LogP contribution >= 0.6 is 0 Å². The smallest absolute Gasteiger partial charge is 0.237 e. The summed E-state index contributed by atoms with van der Waals surface area (Å²) in [6.07, 6.45) is 4.20. The Morgan fingerprint density at radius 3 is 2.94 bits per heavy atom. The summed E-state index contributed by atoms with van der Waals surface area (Å²) in [5, 5.41) is 6.20. The monoisotopic (exact) mass is 242 g/mol. The van der Waals surface area contributed by atoms with Crippen molar-refractivity contribution in [3.05, 3.63) is 0 Å². The fourth-order valence-corrected chi connectivity index (χ4v) is 1.90. The van der Waals surface area contributed by atoms with Gasteiger partial charge in [-0.3, -0.25) is 4.79 Å². The van der Waals surface area contributed by atoms with Crippen LogP contribution in [0.3, 0.4) is 0 Å². The van der Waals surface area contributed by atoms with Crippen LogP contribution < -0.4 is 10.6 Å². The van der Waals surface area contributed by atoms with Gasteiger partial charge in [-0.05, 0) is 31.7 Å². The summed E-state index contributed by atoms with van der Waals surface area (Å²) in [6, 6.07) is 0.0281. The van der Waals surface area contributed by atoms with Crippen molar-refractivity contribution in [2.75, 3.05) is 26.3 Å². The van der Waals surface area contributed by atoms with E-state index >= 15 is 0 Å². The lowest BCUT2D eigenvalue weighted by atomic mass is 10.0. The minimum absolute atomic E-state index is 0.0281. The molecule has 1 fully saturated rings. The number of carbonyl (C=O) groups excluding carboxylic acids is 1. The average Bonchev–Trinajstić information content (AvgIpc) is 2.34. The van der Waals surface area contributed by atoms with Gasteiger partial charge in [0.2, 0.25) is 5.91 Å². The highest BCUT2D eigenvalue weighted by Gasteiger charge is 2.19. The van der Waals surface area contributed by atoms with Crippen molar-refractivity contribution in [1.82, 2.24) is 10.6 Å². The fourth-order valence-electron chi connectivity index (χ4n) is 1.90. The van der Waals surface area contributed by atoms with E-state index in [2.05, 4.69) is 24.5 Å². The molecule has 4 heteroatoms. The lowest BCUT2D eigenvalue weighted by molar-refractivity contribution is -0.123. The molecule has 1 saturated heterocycles. The minimum atomic E-state index is 0.0281. The molecule has 100 valence electrons. The summed E-state index contributed by atoms with van der Waals surface area (Å²) in [7, 11) is 0. The standard InChI is InChI=1S/C13H26N2O2/c1-11(2)10-17-9-5-8-15-13(16)12-6-3-4-7-14-12/h11-12,14H,3-10H2,1-2H3,(H,15,16)/t12-/m1/s1. The zero-order valence-corrected chi connectivity index (χ0v) is 11.1. The Morgan fingerprint density at radius 1 is 1.47 bits per heavy atom. The van der Waals surface area contributed by atoms with E-state index in [9.17, 15) is 4.79 Å². The van der Waals surface area contributed by atoms with Gasteiger partial charge in [0.05, 0.1) is 6.04 Å². The Hall–Kier alpha value is -0.610. The van der Waals surface area contributed by atoms with E-state index in [1.807, 2.05) is 0 Å². The zero-order valence-electron chi connectivity index (χ0n) is 11.1. The van der Waals surface area contributed by atoms with Crippen LogP contribution in [0.4, 0.5) is 0 Å². The summed E-state index contributed by atoms with van der Waals surface area (Å²) in [5.41, 5.74) is 0. The number of rotatable bonds is 7. The maximum Gasteiger partial charge on any atom is 0.237 e. The topological polar surface area (TPSA) is 50.4 Å². The zero-order chi connectivity index (χ0) is 12.5. The highest BCUT2D eigenvalue weighted by molar-refractivity contribution is 5.81. The summed E-state index contributed by atoms with van der Waals surface area (Å²) in [5.74, 6) is 0.726. The van der Waals surface area contributed by atoms with Gasteiger partial charge in [-0.2, -0.15) is 0 Å². The number of nitrogens with one attached hydrogen (secondary N) is 2. The predicted molar refractivity (Wildman–Crippen MR) is 68.9 cm³/mol.